The summed E-state index contributed by atoms with van der Waals surface area (Å²) >= 11 is 3.45. The molecule has 0 aromatic heterocycles. The first-order valence-electron chi connectivity index (χ1n) is 6.35. The SMILES string of the molecule is Cc1cc(Br)ccc1NCCCC(C)(C)C(N)=NO. The van der Waals surface area contributed by atoms with Crippen LogP contribution in [-0.4, -0.2) is 17.6 Å². The molecule has 0 aliphatic carbocycles. The van der Waals surface area contributed by atoms with Crippen LogP contribution in [-0.2, 0) is 0 Å². The molecule has 0 fully saturated rings. The Kier molecular flexibility index (Phi) is 5.66. The van der Waals surface area contributed by atoms with Gasteiger partial charge in [-0.1, -0.05) is 34.9 Å². The molecule has 0 heterocycles. The molecule has 0 unspecified atom stereocenters. The highest BCUT2D eigenvalue weighted by Gasteiger charge is 2.22. The summed E-state index contributed by atoms with van der Waals surface area (Å²) in [5.74, 6) is 0.285. The highest BCUT2D eigenvalue weighted by molar-refractivity contribution is 9.10. The largest absolute Gasteiger partial charge is 0.409 e. The number of oxime groups is 1. The highest BCUT2D eigenvalue weighted by Crippen LogP contribution is 2.23. The maximum atomic E-state index is 8.71. The number of aryl methyl sites for hydroxylation is 1. The van der Waals surface area contributed by atoms with E-state index >= 15 is 0 Å². The van der Waals surface area contributed by atoms with Crippen molar-refractivity contribution in [3.63, 3.8) is 0 Å². The van der Waals surface area contributed by atoms with Crippen LogP contribution in [0.3, 0.4) is 0 Å². The minimum absolute atomic E-state index is 0.273. The van der Waals surface area contributed by atoms with Gasteiger partial charge >= 0.3 is 0 Å². The standard InChI is InChI=1S/C14H22BrN3O/c1-10-9-11(15)5-6-12(10)17-8-4-7-14(2,3)13(16)18-19/h5-6,9,17,19H,4,7-8H2,1-3H3,(H2,16,18). The van der Waals surface area contributed by atoms with Crippen LogP contribution in [0, 0.1) is 12.3 Å². The Labute approximate surface area is 123 Å². The van der Waals surface area contributed by atoms with Crippen LogP contribution in [0.1, 0.15) is 32.3 Å². The Balaban J connectivity index is 2.43. The molecule has 0 saturated carbocycles. The van der Waals surface area contributed by atoms with Crippen LogP contribution in [0.25, 0.3) is 0 Å². The quantitative estimate of drug-likeness (QED) is 0.245. The summed E-state index contributed by atoms with van der Waals surface area (Å²) in [6.45, 7) is 6.90. The van der Waals surface area contributed by atoms with E-state index in [9.17, 15) is 0 Å². The van der Waals surface area contributed by atoms with Crippen molar-refractivity contribution >= 4 is 27.5 Å². The molecule has 106 valence electrons. The van der Waals surface area contributed by atoms with Gasteiger partial charge in [0.25, 0.3) is 0 Å². The Morgan fingerprint density at radius 3 is 2.74 bits per heavy atom. The molecule has 0 spiro atoms. The number of amidine groups is 1. The normalized spacial score (nSPS) is 12.5. The smallest absolute Gasteiger partial charge is 0.144 e. The molecule has 0 atom stereocenters. The maximum Gasteiger partial charge on any atom is 0.144 e. The average Bonchev–Trinajstić information content (AvgIpc) is 2.35. The zero-order valence-electron chi connectivity index (χ0n) is 11.7. The fraction of sp³-hybridized carbons (Fsp3) is 0.500. The summed E-state index contributed by atoms with van der Waals surface area (Å²) < 4.78 is 1.09. The summed E-state index contributed by atoms with van der Waals surface area (Å²) in [7, 11) is 0. The van der Waals surface area contributed by atoms with Crippen LogP contribution >= 0.6 is 15.9 Å². The van der Waals surface area contributed by atoms with Gasteiger partial charge in [0.1, 0.15) is 5.84 Å². The zero-order valence-corrected chi connectivity index (χ0v) is 13.3. The van der Waals surface area contributed by atoms with Gasteiger partial charge in [-0.2, -0.15) is 0 Å². The Morgan fingerprint density at radius 2 is 2.16 bits per heavy atom. The van der Waals surface area contributed by atoms with Crippen molar-refractivity contribution in [2.45, 2.75) is 33.6 Å². The van der Waals surface area contributed by atoms with Gasteiger partial charge in [-0.15, -0.1) is 0 Å². The number of rotatable bonds is 6. The molecule has 0 aliphatic heterocycles. The summed E-state index contributed by atoms with van der Waals surface area (Å²) in [5, 5.41) is 15.2. The van der Waals surface area contributed by atoms with Gasteiger partial charge in [0.15, 0.2) is 0 Å². The van der Waals surface area contributed by atoms with Gasteiger partial charge in [0.2, 0.25) is 0 Å². The third kappa shape index (κ3) is 4.74. The number of nitrogens with two attached hydrogens (primary N) is 1. The van der Waals surface area contributed by atoms with Crippen LogP contribution < -0.4 is 11.1 Å². The molecule has 4 N–H and O–H groups in total. The number of anilines is 1. The number of nitrogens with zero attached hydrogens (tertiary/aromatic N) is 1. The van der Waals surface area contributed by atoms with Gasteiger partial charge < -0.3 is 16.3 Å². The lowest BCUT2D eigenvalue weighted by molar-refractivity contribution is 0.305. The third-order valence-electron chi connectivity index (χ3n) is 3.28. The topological polar surface area (TPSA) is 70.6 Å². The van der Waals surface area contributed by atoms with E-state index in [1.807, 2.05) is 19.9 Å². The lowest BCUT2D eigenvalue weighted by Crippen LogP contribution is -2.32. The molecular formula is C14H22BrN3O. The van der Waals surface area contributed by atoms with Crippen molar-refractivity contribution in [1.29, 1.82) is 0 Å². The molecule has 5 heteroatoms. The highest BCUT2D eigenvalue weighted by atomic mass is 79.9. The minimum Gasteiger partial charge on any atom is -0.409 e. The second kappa shape index (κ2) is 6.80. The van der Waals surface area contributed by atoms with E-state index in [0.29, 0.717) is 0 Å². The Hall–Kier alpha value is -1.23. The van der Waals surface area contributed by atoms with Crippen LogP contribution in [0.2, 0.25) is 0 Å². The second-order valence-electron chi connectivity index (χ2n) is 5.36. The lowest BCUT2D eigenvalue weighted by atomic mass is 9.86. The van der Waals surface area contributed by atoms with E-state index in [-0.39, 0.29) is 11.3 Å². The number of halogens is 1. The van der Waals surface area contributed by atoms with Crippen molar-refractivity contribution in [3.05, 3.63) is 28.2 Å². The fourth-order valence-corrected chi connectivity index (χ4v) is 2.32. The van der Waals surface area contributed by atoms with Crippen LogP contribution in [0.15, 0.2) is 27.8 Å². The number of nitrogens with one attached hydrogen (secondary N) is 1. The van der Waals surface area contributed by atoms with E-state index < -0.39 is 0 Å². The lowest BCUT2D eigenvalue weighted by Gasteiger charge is -2.22. The first kappa shape index (κ1) is 15.8. The molecule has 1 rings (SSSR count). The number of hydrogen-bond acceptors (Lipinski definition) is 3. The third-order valence-corrected chi connectivity index (χ3v) is 3.78. The van der Waals surface area contributed by atoms with Gasteiger partial charge in [0.05, 0.1) is 0 Å². The van der Waals surface area contributed by atoms with Crippen LogP contribution in [0.4, 0.5) is 5.69 Å². The summed E-state index contributed by atoms with van der Waals surface area (Å²) in [6.07, 6.45) is 1.82. The van der Waals surface area contributed by atoms with Gasteiger partial charge in [-0.05, 0) is 43.5 Å². The minimum atomic E-state index is -0.273. The molecule has 4 nitrogen and oxygen atoms in total. The van der Waals surface area contributed by atoms with Crippen molar-refractivity contribution in [1.82, 2.24) is 0 Å². The van der Waals surface area contributed by atoms with E-state index in [0.717, 1.165) is 29.5 Å². The monoisotopic (exact) mass is 327 g/mol. The van der Waals surface area contributed by atoms with E-state index in [1.54, 1.807) is 0 Å². The molecule has 19 heavy (non-hydrogen) atoms. The van der Waals surface area contributed by atoms with Gasteiger partial charge in [0, 0.05) is 22.1 Å². The Morgan fingerprint density at radius 1 is 1.47 bits per heavy atom. The fourth-order valence-electron chi connectivity index (χ4n) is 1.84. The van der Waals surface area contributed by atoms with Gasteiger partial charge in [-0.25, -0.2) is 0 Å². The molecule has 0 amide bonds. The van der Waals surface area contributed by atoms with E-state index in [2.05, 4.69) is 45.5 Å². The Bertz CT molecular complexity index is 458. The predicted octanol–water partition coefficient (Wildman–Crippen LogP) is 3.72. The predicted molar refractivity (Wildman–Crippen MR) is 83.8 cm³/mol. The first-order chi connectivity index (χ1) is 8.86. The van der Waals surface area contributed by atoms with Crippen molar-refractivity contribution in [2.24, 2.45) is 16.3 Å². The van der Waals surface area contributed by atoms with E-state index in [4.69, 9.17) is 10.9 Å². The summed E-state index contributed by atoms with van der Waals surface area (Å²) in [6, 6.07) is 6.17. The molecule has 0 aliphatic rings. The number of benzene rings is 1. The van der Waals surface area contributed by atoms with Crippen molar-refractivity contribution in [3.8, 4) is 0 Å². The van der Waals surface area contributed by atoms with Crippen LogP contribution in [0.5, 0.6) is 0 Å². The van der Waals surface area contributed by atoms with Crippen molar-refractivity contribution < 1.29 is 5.21 Å². The summed E-state index contributed by atoms with van der Waals surface area (Å²) in [4.78, 5) is 0. The molecule has 1 aromatic rings. The molecular weight excluding hydrogens is 306 g/mol. The number of hydrogen-bond donors (Lipinski definition) is 3. The summed E-state index contributed by atoms with van der Waals surface area (Å²) in [5.41, 5.74) is 7.74. The van der Waals surface area contributed by atoms with Crippen molar-refractivity contribution in [2.75, 3.05) is 11.9 Å². The first-order valence-corrected chi connectivity index (χ1v) is 7.14. The zero-order chi connectivity index (χ0) is 14.5. The average molecular weight is 328 g/mol. The van der Waals surface area contributed by atoms with E-state index in [1.165, 1.54) is 5.56 Å². The molecule has 1 aromatic carbocycles. The second-order valence-corrected chi connectivity index (χ2v) is 6.27. The van der Waals surface area contributed by atoms with Gasteiger partial charge in [-0.3, -0.25) is 0 Å². The molecule has 0 saturated heterocycles. The molecule has 0 bridgehead atoms. The molecule has 0 radical (unpaired) electrons. The maximum absolute atomic E-state index is 8.71.